The third kappa shape index (κ3) is 4.96. The van der Waals surface area contributed by atoms with Gasteiger partial charge >= 0.3 is 5.97 Å². The van der Waals surface area contributed by atoms with Gasteiger partial charge in [0.05, 0.1) is 41.2 Å². The predicted molar refractivity (Wildman–Crippen MR) is 217 cm³/mol. The Morgan fingerprint density at radius 2 is 1.70 bits per heavy atom. The molecule has 7 unspecified atom stereocenters. The minimum absolute atomic E-state index is 0.0177. The molecule has 2 aromatic rings. The molecule has 1 spiro atoms. The van der Waals surface area contributed by atoms with Crippen LogP contribution in [0.1, 0.15) is 114 Å². The highest BCUT2D eigenvalue weighted by Gasteiger charge is 2.84. The second kappa shape index (κ2) is 12.5. The number of ether oxygens (including phenoxy) is 4. The monoisotopic (exact) mass is 769 g/mol. The lowest BCUT2D eigenvalue weighted by molar-refractivity contribution is -0.183. The Bertz CT molecular complexity index is 2400. The van der Waals surface area contributed by atoms with E-state index in [2.05, 4.69) is 32.9 Å². The Morgan fingerprint density at radius 3 is 2.40 bits per heavy atom. The third-order valence-electron chi connectivity index (χ3n) is 13.7. The highest BCUT2D eigenvalue weighted by molar-refractivity contribution is 6.31. The first kappa shape index (κ1) is 37.6. The molecule has 1 N–H and O–H groups in total. The van der Waals surface area contributed by atoms with E-state index in [4.69, 9.17) is 23.9 Å². The summed E-state index contributed by atoms with van der Waals surface area (Å²) in [7, 11) is 1.33. The van der Waals surface area contributed by atoms with Crippen molar-refractivity contribution in [3.05, 3.63) is 98.7 Å². The summed E-state index contributed by atoms with van der Waals surface area (Å²) in [4.78, 5) is 48.3. The molecular formula is C48H51NO8. The van der Waals surface area contributed by atoms with Crippen LogP contribution in [0, 0.1) is 23.7 Å². The molecule has 0 aromatic heterocycles. The summed E-state index contributed by atoms with van der Waals surface area (Å²) < 4.78 is 26.9. The SMILES string of the molecule is COC(=O)/C(C)=C\CC12OC(C)(C)C3CC(C1=O)C1C4=C(N=C5c6ccccc6C(=O)C51)c1c(O)c5c(c(CC=C(C)C)c1OC432)OC(C)(CCC=C(C)C)C=C5. The standard InChI is InChI=1S/C48H51NO8/c1-24(2)13-12-20-46(8)21-19-29-40(51)35-38-36-33(34-37(49-38)27-14-10-11-15-28(27)39(34)50)31-23-32-45(6,7)57-47(43(31)52,22-18-26(5)44(53)54-9)48(32,36)56-42(35)30(41(29)55-46)17-16-25(3)4/h10-11,13-16,18-19,21,31-34,51H,12,17,20,22-23H2,1-9H3/b26-18-. The molecule has 4 aliphatic heterocycles. The fourth-order valence-electron chi connectivity index (χ4n) is 11.2. The molecule has 1 saturated heterocycles. The third-order valence-corrected chi connectivity index (χ3v) is 13.7. The largest absolute Gasteiger partial charge is 0.506 e. The number of hydrogen-bond acceptors (Lipinski definition) is 9. The van der Waals surface area contributed by atoms with Gasteiger partial charge in [-0.05, 0) is 93.2 Å². The van der Waals surface area contributed by atoms with Crippen molar-refractivity contribution in [3.63, 3.8) is 0 Å². The number of phenols is 1. The Balaban J connectivity index is 1.36. The lowest BCUT2D eigenvalue weighted by atomic mass is 9.43. The minimum atomic E-state index is -1.57. The smallest absolute Gasteiger partial charge is 0.333 e. The Morgan fingerprint density at radius 1 is 0.982 bits per heavy atom. The number of aromatic hydroxyl groups is 1. The Hall–Kier alpha value is -5.02. The van der Waals surface area contributed by atoms with Crippen LogP contribution >= 0.6 is 0 Å². The van der Waals surface area contributed by atoms with Crippen LogP contribution in [0.3, 0.4) is 0 Å². The predicted octanol–water partition coefficient (Wildman–Crippen LogP) is 8.86. The topological polar surface area (TPSA) is 121 Å². The van der Waals surface area contributed by atoms with Gasteiger partial charge in [0.25, 0.3) is 0 Å². The van der Waals surface area contributed by atoms with Crippen LogP contribution in [0.2, 0.25) is 0 Å². The number of ketones is 2. The second-order valence-electron chi connectivity index (χ2n) is 18.2. The van der Waals surface area contributed by atoms with Crippen LogP contribution in [0.15, 0.2) is 75.9 Å². The highest BCUT2D eigenvalue weighted by Crippen LogP contribution is 2.74. The molecule has 8 aliphatic rings. The van der Waals surface area contributed by atoms with E-state index >= 15 is 4.79 Å². The van der Waals surface area contributed by atoms with E-state index in [-0.39, 0.29) is 29.7 Å². The van der Waals surface area contributed by atoms with Gasteiger partial charge in [-0.25, -0.2) is 4.79 Å². The van der Waals surface area contributed by atoms with E-state index in [1.807, 2.05) is 64.1 Å². The average molecular weight is 770 g/mol. The molecule has 296 valence electrons. The number of esters is 1. The van der Waals surface area contributed by atoms with Gasteiger partial charge in [0, 0.05) is 52.0 Å². The summed E-state index contributed by atoms with van der Waals surface area (Å²) in [6.45, 7) is 16.0. The molecule has 2 aromatic carbocycles. The van der Waals surface area contributed by atoms with Gasteiger partial charge in [-0.2, -0.15) is 0 Å². The van der Waals surface area contributed by atoms with Gasteiger partial charge in [0.15, 0.2) is 22.8 Å². The van der Waals surface area contributed by atoms with Gasteiger partial charge in [0.1, 0.15) is 22.8 Å². The lowest BCUT2D eigenvalue weighted by Gasteiger charge is -2.62. The average Bonchev–Trinajstić information content (AvgIpc) is 3.52. The number of fused-ring (bicyclic) bond motifs is 6. The fraction of sp³-hybridized carbons (Fsp3) is 0.458. The first-order valence-electron chi connectivity index (χ1n) is 20.2. The van der Waals surface area contributed by atoms with Crippen molar-refractivity contribution in [1.29, 1.82) is 0 Å². The van der Waals surface area contributed by atoms with Crippen molar-refractivity contribution in [2.75, 3.05) is 7.11 Å². The summed E-state index contributed by atoms with van der Waals surface area (Å²) in [6.07, 6.45) is 12.5. The van der Waals surface area contributed by atoms with Gasteiger partial charge in [0.2, 0.25) is 0 Å². The highest BCUT2D eigenvalue weighted by atomic mass is 16.6. The number of phenolic OH excluding ortho intramolecular Hbond substituents is 1. The van der Waals surface area contributed by atoms with Crippen molar-refractivity contribution < 1.29 is 38.4 Å². The zero-order chi connectivity index (χ0) is 40.6. The maximum Gasteiger partial charge on any atom is 0.333 e. The van der Waals surface area contributed by atoms with Crippen molar-refractivity contribution in [2.45, 2.75) is 110 Å². The maximum absolute atomic E-state index is 15.5. The zero-order valence-electron chi connectivity index (χ0n) is 34.3. The number of benzene rings is 2. The van der Waals surface area contributed by atoms with Crippen molar-refractivity contribution in [3.8, 4) is 17.2 Å². The van der Waals surface area contributed by atoms with Crippen LogP contribution in [-0.4, -0.2) is 57.9 Å². The van der Waals surface area contributed by atoms with Crippen molar-refractivity contribution in [1.82, 2.24) is 0 Å². The number of aliphatic imine (C=N–C) groups is 1. The maximum atomic E-state index is 15.5. The molecule has 4 aliphatic carbocycles. The summed E-state index contributed by atoms with van der Waals surface area (Å²) in [5.41, 5.74) is 3.08. The van der Waals surface area contributed by atoms with Gasteiger partial charge in [-0.1, -0.05) is 53.6 Å². The quantitative estimate of drug-likeness (QED) is 0.161. The van der Waals surface area contributed by atoms with E-state index in [0.29, 0.717) is 64.4 Å². The molecule has 10 rings (SSSR count). The molecule has 3 saturated carbocycles. The van der Waals surface area contributed by atoms with Gasteiger partial charge in [-0.3, -0.25) is 14.6 Å². The molecule has 9 nitrogen and oxygen atoms in total. The summed E-state index contributed by atoms with van der Waals surface area (Å²) >= 11 is 0. The number of carbonyl (C=O) groups is 3. The summed E-state index contributed by atoms with van der Waals surface area (Å²) in [5, 5.41) is 12.6. The van der Waals surface area contributed by atoms with Crippen LogP contribution in [0.4, 0.5) is 0 Å². The minimum Gasteiger partial charge on any atom is -0.506 e. The second-order valence-corrected chi connectivity index (χ2v) is 18.2. The molecule has 0 radical (unpaired) electrons. The van der Waals surface area contributed by atoms with Crippen LogP contribution in [0.5, 0.6) is 17.2 Å². The molecule has 57 heavy (non-hydrogen) atoms. The number of methoxy groups -OCH3 is 1. The van der Waals surface area contributed by atoms with Crippen LogP contribution < -0.4 is 9.47 Å². The van der Waals surface area contributed by atoms with E-state index in [1.165, 1.54) is 12.7 Å². The normalized spacial score (nSPS) is 31.6. The van der Waals surface area contributed by atoms with E-state index in [9.17, 15) is 14.7 Å². The lowest BCUT2D eigenvalue weighted by Crippen LogP contribution is -2.75. The van der Waals surface area contributed by atoms with E-state index in [0.717, 1.165) is 28.7 Å². The fourth-order valence-corrected chi connectivity index (χ4v) is 11.2. The first-order valence-corrected chi connectivity index (χ1v) is 20.2. The summed E-state index contributed by atoms with van der Waals surface area (Å²) in [5.74, 6) is -1.98. The number of allylic oxidation sites excluding steroid dienone is 4. The first-order chi connectivity index (χ1) is 27.0. The Labute approximate surface area is 334 Å². The van der Waals surface area contributed by atoms with E-state index in [1.54, 1.807) is 13.0 Å². The molecule has 4 fully saturated rings. The molecule has 4 bridgehead atoms. The van der Waals surface area contributed by atoms with Gasteiger partial charge in [-0.15, -0.1) is 0 Å². The van der Waals surface area contributed by atoms with Crippen molar-refractivity contribution >= 4 is 35.0 Å². The number of hydrogen-bond donors (Lipinski definition) is 1. The summed E-state index contributed by atoms with van der Waals surface area (Å²) in [6, 6.07) is 7.52. The van der Waals surface area contributed by atoms with Gasteiger partial charge < -0.3 is 24.1 Å². The number of rotatable bonds is 8. The Kier molecular flexibility index (Phi) is 8.23. The number of Topliss-reactive ketones (excluding diaryl/α,β-unsaturated/α-hetero) is 2. The zero-order valence-corrected chi connectivity index (χ0v) is 34.3. The van der Waals surface area contributed by atoms with Crippen molar-refractivity contribution in [2.24, 2.45) is 28.7 Å². The number of carbonyl (C=O) groups excluding carboxylic acids is 3. The molecule has 0 amide bonds. The molecule has 4 heterocycles. The van der Waals surface area contributed by atoms with Crippen LogP contribution in [0.25, 0.3) is 11.8 Å². The molecule has 9 heteroatoms. The van der Waals surface area contributed by atoms with Crippen LogP contribution in [-0.2, 0) is 25.5 Å². The molecular weight excluding hydrogens is 719 g/mol. The number of nitrogens with zero attached hydrogens (tertiary/aromatic N) is 1. The van der Waals surface area contributed by atoms with E-state index < -0.39 is 46.1 Å². The molecule has 7 atom stereocenters.